The number of hydrogen-bond donors (Lipinski definition) is 1. The Kier molecular flexibility index (Phi) is 3.92. The second-order valence-corrected chi connectivity index (χ2v) is 6.46. The topological polar surface area (TPSA) is 32.3 Å². The molecule has 0 aromatic heterocycles. The molecule has 4 atom stereocenters. The van der Waals surface area contributed by atoms with Crippen LogP contribution >= 0.6 is 0 Å². The molecule has 3 nitrogen and oxygen atoms in total. The number of piperidine rings is 1. The molecule has 2 fully saturated rings. The van der Waals surface area contributed by atoms with Gasteiger partial charge in [0.05, 0.1) is 0 Å². The number of allylic oxidation sites excluding steroid dienone is 2. The fraction of sp³-hybridized carbons (Fsp3) is 0.812. The minimum atomic E-state index is 0.296. The van der Waals surface area contributed by atoms with Crippen LogP contribution in [0.5, 0.6) is 0 Å². The van der Waals surface area contributed by atoms with E-state index in [1.54, 1.807) is 0 Å². The van der Waals surface area contributed by atoms with E-state index in [-0.39, 0.29) is 0 Å². The highest BCUT2D eigenvalue weighted by atomic mass is 16.2. The van der Waals surface area contributed by atoms with Crippen LogP contribution in [0.1, 0.15) is 38.5 Å². The predicted molar refractivity (Wildman–Crippen MR) is 76.7 cm³/mol. The van der Waals surface area contributed by atoms with Crippen LogP contribution in [0.4, 0.5) is 0 Å². The number of rotatable bonds is 4. The van der Waals surface area contributed by atoms with Crippen molar-refractivity contribution in [2.75, 3.05) is 20.1 Å². The molecule has 1 amide bonds. The van der Waals surface area contributed by atoms with Gasteiger partial charge >= 0.3 is 0 Å². The van der Waals surface area contributed by atoms with E-state index in [0.29, 0.717) is 29.7 Å². The lowest BCUT2D eigenvalue weighted by molar-refractivity contribution is -0.140. The summed E-state index contributed by atoms with van der Waals surface area (Å²) >= 11 is 0. The summed E-state index contributed by atoms with van der Waals surface area (Å²) in [5, 5.41) is 3.22. The largest absolute Gasteiger partial charge is 0.339 e. The summed E-state index contributed by atoms with van der Waals surface area (Å²) in [5.41, 5.74) is 0. The third-order valence-corrected chi connectivity index (χ3v) is 5.23. The van der Waals surface area contributed by atoms with Gasteiger partial charge < -0.3 is 10.2 Å². The van der Waals surface area contributed by atoms with Crippen LogP contribution in [0.25, 0.3) is 0 Å². The molecule has 19 heavy (non-hydrogen) atoms. The highest BCUT2D eigenvalue weighted by Crippen LogP contribution is 2.44. The van der Waals surface area contributed by atoms with Gasteiger partial charge in [-0.3, -0.25) is 4.79 Å². The Hall–Kier alpha value is -0.830. The number of nitrogens with one attached hydrogen (secondary N) is 1. The number of amides is 1. The summed E-state index contributed by atoms with van der Waals surface area (Å²) in [4.78, 5) is 15.1. The second kappa shape index (κ2) is 5.66. The molecule has 2 aliphatic carbocycles. The Morgan fingerprint density at radius 1 is 1.32 bits per heavy atom. The van der Waals surface area contributed by atoms with Gasteiger partial charge in [-0.1, -0.05) is 12.2 Å². The molecule has 3 rings (SSSR count). The van der Waals surface area contributed by atoms with E-state index in [4.69, 9.17) is 0 Å². The van der Waals surface area contributed by atoms with E-state index < -0.39 is 0 Å². The van der Waals surface area contributed by atoms with Crippen molar-refractivity contribution in [3.8, 4) is 0 Å². The first-order valence-electron chi connectivity index (χ1n) is 7.93. The van der Waals surface area contributed by atoms with Crippen LogP contribution in [0, 0.1) is 17.8 Å². The van der Waals surface area contributed by atoms with Gasteiger partial charge in [-0.05, 0) is 64.0 Å². The van der Waals surface area contributed by atoms with Crippen molar-refractivity contribution in [3.63, 3.8) is 0 Å². The van der Waals surface area contributed by atoms with E-state index in [1.165, 1.54) is 25.7 Å². The summed E-state index contributed by atoms with van der Waals surface area (Å²) in [6.07, 6.45) is 11.7. The van der Waals surface area contributed by atoms with Crippen LogP contribution in [-0.2, 0) is 4.79 Å². The summed E-state index contributed by atoms with van der Waals surface area (Å²) in [5.74, 6) is 1.99. The molecule has 1 N–H and O–H groups in total. The number of hydrogen-bond acceptors (Lipinski definition) is 2. The van der Waals surface area contributed by atoms with Crippen molar-refractivity contribution >= 4 is 5.91 Å². The number of likely N-dealkylation sites (tertiary alicyclic amines) is 1. The van der Waals surface area contributed by atoms with Crippen LogP contribution in [-0.4, -0.2) is 37.0 Å². The molecule has 3 aliphatic rings. The average Bonchev–Trinajstić information content (AvgIpc) is 3.07. The smallest absolute Gasteiger partial charge is 0.226 e. The zero-order valence-electron chi connectivity index (χ0n) is 12.0. The van der Waals surface area contributed by atoms with Crippen molar-refractivity contribution in [3.05, 3.63) is 12.2 Å². The molecule has 1 saturated carbocycles. The van der Waals surface area contributed by atoms with E-state index in [1.807, 2.05) is 7.05 Å². The van der Waals surface area contributed by atoms with Crippen molar-refractivity contribution in [1.29, 1.82) is 0 Å². The maximum absolute atomic E-state index is 12.8. The highest BCUT2D eigenvalue weighted by molar-refractivity contribution is 5.80. The number of carbonyl (C=O) groups excluding carboxylic acids is 1. The lowest BCUT2D eigenvalue weighted by Crippen LogP contribution is -2.48. The number of fused-ring (bicyclic) bond motifs is 2. The Morgan fingerprint density at radius 2 is 2.21 bits per heavy atom. The molecule has 0 aromatic carbocycles. The predicted octanol–water partition coefficient (Wildman–Crippen LogP) is 2.19. The molecule has 0 aromatic rings. The normalized spacial score (nSPS) is 37.0. The molecule has 1 heterocycles. The molecule has 0 spiro atoms. The average molecular weight is 262 g/mol. The SMILES string of the molecule is CNCCC1CCCCN1C(=O)C1CC2C=CC1C2. The van der Waals surface area contributed by atoms with Crippen LogP contribution in [0.2, 0.25) is 0 Å². The van der Waals surface area contributed by atoms with Gasteiger partial charge in [-0.25, -0.2) is 0 Å². The van der Waals surface area contributed by atoms with Gasteiger partial charge in [-0.15, -0.1) is 0 Å². The van der Waals surface area contributed by atoms with Crippen molar-refractivity contribution in [2.45, 2.75) is 44.6 Å². The molecule has 0 radical (unpaired) electrons. The Balaban J connectivity index is 1.65. The zero-order valence-corrected chi connectivity index (χ0v) is 12.0. The monoisotopic (exact) mass is 262 g/mol. The lowest BCUT2D eigenvalue weighted by Gasteiger charge is -2.38. The molecule has 1 aliphatic heterocycles. The molecular weight excluding hydrogens is 236 g/mol. The summed E-state index contributed by atoms with van der Waals surface area (Å²) in [7, 11) is 2.00. The van der Waals surface area contributed by atoms with Crippen molar-refractivity contribution < 1.29 is 4.79 Å². The summed E-state index contributed by atoms with van der Waals surface area (Å²) < 4.78 is 0. The van der Waals surface area contributed by atoms with E-state index in [2.05, 4.69) is 22.4 Å². The highest BCUT2D eigenvalue weighted by Gasteiger charge is 2.42. The van der Waals surface area contributed by atoms with E-state index >= 15 is 0 Å². The molecular formula is C16H26N2O. The third kappa shape index (κ3) is 2.58. The summed E-state index contributed by atoms with van der Waals surface area (Å²) in [6, 6.07) is 0.483. The van der Waals surface area contributed by atoms with E-state index in [9.17, 15) is 4.79 Å². The minimum Gasteiger partial charge on any atom is -0.339 e. The Morgan fingerprint density at radius 3 is 2.89 bits per heavy atom. The lowest BCUT2D eigenvalue weighted by atomic mass is 9.89. The van der Waals surface area contributed by atoms with Crippen LogP contribution in [0.3, 0.4) is 0 Å². The first kappa shape index (κ1) is 13.2. The van der Waals surface area contributed by atoms with Crippen molar-refractivity contribution in [1.82, 2.24) is 10.2 Å². The molecule has 3 heteroatoms. The van der Waals surface area contributed by atoms with Gasteiger partial charge in [0.25, 0.3) is 0 Å². The van der Waals surface area contributed by atoms with Crippen molar-refractivity contribution in [2.24, 2.45) is 17.8 Å². The van der Waals surface area contributed by atoms with Crippen LogP contribution in [0.15, 0.2) is 12.2 Å². The maximum Gasteiger partial charge on any atom is 0.226 e. The van der Waals surface area contributed by atoms with Crippen LogP contribution < -0.4 is 5.32 Å². The second-order valence-electron chi connectivity index (χ2n) is 6.46. The maximum atomic E-state index is 12.8. The number of carbonyl (C=O) groups is 1. The molecule has 1 saturated heterocycles. The molecule has 2 bridgehead atoms. The Labute approximate surface area is 116 Å². The van der Waals surface area contributed by atoms with E-state index in [0.717, 1.165) is 25.9 Å². The fourth-order valence-corrected chi connectivity index (χ4v) is 4.18. The standard InChI is InChI=1S/C16H26N2O/c1-17-8-7-14-4-2-3-9-18(14)16(19)15-11-12-5-6-13(15)10-12/h5-6,12-15,17H,2-4,7-11H2,1H3. The van der Waals surface area contributed by atoms with Gasteiger partial charge in [0.15, 0.2) is 0 Å². The third-order valence-electron chi connectivity index (χ3n) is 5.23. The Bertz CT molecular complexity index is 366. The first-order chi connectivity index (χ1) is 9.29. The quantitative estimate of drug-likeness (QED) is 0.788. The van der Waals surface area contributed by atoms with Gasteiger partial charge in [0, 0.05) is 18.5 Å². The fourth-order valence-electron chi connectivity index (χ4n) is 4.18. The molecule has 4 unspecified atom stereocenters. The summed E-state index contributed by atoms with van der Waals surface area (Å²) in [6.45, 7) is 2.01. The molecule has 106 valence electrons. The first-order valence-corrected chi connectivity index (χ1v) is 7.93. The zero-order chi connectivity index (χ0) is 13.2. The number of nitrogens with zero attached hydrogens (tertiary/aromatic N) is 1. The van der Waals surface area contributed by atoms with Gasteiger partial charge in [0.1, 0.15) is 0 Å². The van der Waals surface area contributed by atoms with Gasteiger partial charge in [0.2, 0.25) is 5.91 Å². The van der Waals surface area contributed by atoms with Gasteiger partial charge in [-0.2, -0.15) is 0 Å². The minimum absolute atomic E-state index is 0.296.